The standard InChI is InChI=1S/C11H19N3O/c1-3-11(15)8-14-10-5-9(13-4-2)6-12-7-10/h5-7,11,13-15H,3-4,8H2,1-2H3. The van der Waals surface area contributed by atoms with Crippen LogP contribution in [0, 0.1) is 0 Å². The van der Waals surface area contributed by atoms with Gasteiger partial charge in [-0.15, -0.1) is 0 Å². The normalized spacial score (nSPS) is 12.2. The van der Waals surface area contributed by atoms with Crippen molar-refractivity contribution in [2.45, 2.75) is 26.4 Å². The van der Waals surface area contributed by atoms with Gasteiger partial charge in [-0.3, -0.25) is 4.98 Å². The molecule has 1 rings (SSSR count). The lowest BCUT2D eigenvalue weighted by molar-refractivity contribution is 0.183. The highest BCUT2D eigenvalue weighted by Crippen LogP contribution is 2.12. The molecule has 0 fully saturated rings. The zero-order valence-corrected chi connectivity index (χ0v) is 9.33. The molecule has 3 N–H and O–H groups in total. The first-order valence-electron chi connectivity index (χ1n) is 5.37. The lowest BCUT2D eigenvalue weighted by Gasteiger charge is -2.11. The van der Waals surface area contributed by atoms with Gasteiger partial charge in [0.25, 0.3) is 0 Å². The topological polar surface area (TPSA) is 57.2 Å². The summed E-state index contributed by atoms with van der Waals surface area (Å²) < 4.78 is 0. The van der Waals surface area contributed by atoms with Crippen molar-refractivity contribution in [3.8, 4) is 0 Å². The molecule has 0 amide bonds. The Kier molecular flexibility index (Phi) is 4.90. The van der Waals surface area contributed by atoms with E-state index in [1.54, 1.807) is 12.4 Å². The monoisotopic (exact) mass is 209 g/mol. The van der Waals surface area contributed by atoms with Gasteiger partial charge < -0.3 is 15.7 Å². The molecule has 1 unspecified atom stereocenters. The van der Waals surface area contributed by atoms with Crippen LogP contribution < -0.4 is 10.6 Å². The number of anilines is 2. The van der Waals surface area contributed by atoms with E-state index < -0.39 is 0 Å². The summed E-state index contributed by atoms with van der Waals surface area (Å²) in [6.45, 7) is 5.44. The number of pyridine rings is 1. The number of rotatable bonds is 6. The van der Waals surface area contributed by atoms with E-state index in [4.69, 9.17) is 0 Å². The molecule has 0 saturated heterocycles. The summed E-state index contributed by atoms with van der Waals surface area (Å²) in [6, 6.07) is 1.98. The molecule has 1 atom stereocenters. The van der Waals surface area contributed by atoms with Crippen molar-refractivity contribution in [3.05, 3.63) is 18.5 Å². The van der Waals surface area contributed by atoms with Gasteiger partial charge in [-0.05, 0) is 19.4 Å². The first-order chi connectivity index (χ1) is 7.26. The summed E-state index contributed by atoms with van der Waals surface area (Å²) in [4.78, 5) is 4.10. The Morgan fingerprint density at radius 3 is 2.53 bits per heavy atom. The fourth-order valence-corrected chi connectivity index (χ4v) is 1.22. The molecule has 4 heteroatoms. The molecule has 1 aromatic heterocycles. The Labute approximate surface area is 90.7 Å². The van der Waals surface area contributed by atoms with Gasteiger partial charge in [-0.25, -0.2) is 0 Å². The second-order valence-electron chi connectivity index (χ2n) is 3.44. The molecule has 1 heterocycles. The Morgan fingerprint density at radius 1 is 1.27 bits per heavy atom. The predicted octanol–water partition coefficient (Wildman–Crippen LogP) is 1.70. The summed E-state index contributed by atoms with van der Waals surface area (Å²) in [6.07, 6.45) is 3.99. The second kappa shape index (κ2) is 6.24. The Balaban J connectivity index is 2.50. The third-order valence-corrected chi connectivity index (χ3v) is 2.13. The van der Waals surface area contributed by atoms with E-state index in [1.807, 2.05) is 19.9 Å². The van der Waals surface area contributed by atoms with Crippen LogP contribution in [0.4, 0.5) is 11.4 Å². The van der Waals surface area contributed by atoms with Gasteiger partial charge in [0.1, 0.15) is 0 Å². The fourth-order valence-electron chi connectivity index (χ4n) is 1.22. The Morgan fingerprint density at radius 2 is 1.93 bits per heavy atom. The largest absolute Gasteiger partial charge is 0.391 e. The van der Waals surface area contributed by atoms with Gasteiger partial charge in [0.2, 0.25) is 0 Å². The number of aromatic nitrogens is 1. The van der Waals surface area contributed by atoms with Crippen LogP contribution in [-0.4, -0.2) is 29.3 Å². The SMILES string of the molecule is CCNc1cncc(NCC(O)CC)c1. The van der Waals surface area contributed by atoms with Crippen LogP contribution in [0.15, 0.2) is 18.5 Å². The molecular weight excluding hydrogens is 190 g/mol. The molecule has 84 valence electrons. The maximum atomic E-state index is 9.39. The van der Waals surface area contributed by atoms with E-state index >= 15 is 0 Å². The average Bonchev–Trinajstić information content (AvgIpc) is 2.27. The molecule has 0 aromatic carbocycles. The van der Waals surface area contributed by atoms with Crippen molar-refractivity contribution in [2.24, 2.45) is 0 Å². The van der Waals surface area contributed by atoms with Gasteiger partial charge in [0.15, 0.2) is 0 Å². The average molecular weight is 209 g/mol. The molecule has 0 bridgehead atoms. The number of nitrogens with one attached hydrogen (secondary N) is 2. The lowest BCUT2D eigenvalue weighted by atomic mass is 10.2. The highest BCUT2D eigenvalue weighted by atomic mass is 16.3. The summed E-state index contributed by atoms with van der Waals surface area (Å²) in [5.74, 6) is 0. The lowest BCUT2D eigenvalue weighted by Crippen LogP contribution is -2.18. The van der Waals surface area contributed by atoms with E-state index in [0.717, 1.165) is 24.3 Å². The van der Waals surface area contributed by atoms with Crippen LogP contribution in [0.5, 0.6) is 0 Å². The number of aliphatic hydroxyl groups is 1. The maximum Gasteiger partial charge on any atom is 0.0709 e. The predicted molar refractivity (Wildman–Crippen MR) is 63.2 cm³/mol. The number of nitrogens with zero attached hydrogens (tertiary/aromatic N) is 1. The van der Waals surface area contributed by atoms with Crippen molar-refractivity contribution in [2.75, 3.05) is 23.7 Å². The molecule has 0 aliphatic heterocycles. The minimum Gasteiger partial charge on any atom is -0.391 e. The van der Waals surface area contributed by atoms with Crippen LogP contribution >= 0.6 is 0 Å². The number of aliphatic hydroxyl groups excluding tert-OH is 1. The molecule has 0 spiro atoms. The van der Waals surface area contributed by atoms with Crippen molar-refractivity contribution >= 4 is 11.4 Å². The van der Waals surface area contributed by atoms with Crippen LogP contribution in [0.2, 0.25) is 0 Å². The number of hydrogen-bond acceptors (Lipinski definition) is 4. The van der Waals surface area contributed by atoms with Crippen molar-refractivity contribution in [1.82, 2.24) is 4.98 Å². The minimum absolute atomic E-state index is 0.298. The van der Waals surface area contributed by atoms with Crippen molar-refractivity contribution in [1.29, 1.82) is 0 Å². The van der Waals surface area contributed by atoms with E-state index in [2.05, 4.69) is 15.6 Å². The molecule has 4 nitrogen and oxygen atoms in total. The smallest absolute Gasteiger partial charge is 0.0709 e. The Bertz CT molecular complexity index is 291. The third kappa shape index (κ3) is 4.16. The molecule has 15 heavy (non-hydrogen) atoms. The molecule has 0 radical (unpaired) electrons. The van der Waals surface area contributed by atoms with Crippen LogP contribution in [0.1, 0.15) is 20.3 Å². The van der Waals surface area contributed by atoms with Gasteiger partial charge in [-0.2, -0.15) is 0 Å². The first kappa shape index (κ1) is 11.8. The maximum absolute atomic E-state index is 9.39. The van der Waals surface area contributed by atoms with Crippen LogP contribution in [0.3, 0.4) is 0 Å². The highest BCUT2D eigenvalue weighted by molar-refractivity contribution is 5.53. The van der Waals surface area contributed by atoms with Crippen LogP contribution in [0.25, 0.3) is 0 Å². The minimum atomic E-state index is -0.298. The summed E-state index contributed by atoms with van der Waals surface area (Å²) >= 11 is 0. The van der Waals surface area contributed by atoms with Gasteiger partial charge in [0, 0.05) is 13.1 Å². The zero-order chi connectivity index (χ0) is 11.1. The zero-order valence-electron chi connectivity index (χ0n) is 9.33. The van der Waals surface area contributed by atoms with E-state index in [0.29, 0.717) is 6.54 Å². The van der Waals surface area contributed by atoms with Crippen molar-refractivity contribution in [3.63, 3.8) is 0 Å². The summed E-state index contributed by atoms with van der Waals surface area (Å²) in [5.41, 5.74) is 1.93. The molecule has 0 aliphatic rings. The highest BCUT2D eigenvalue weighted by Gasteiger charge is 2.00. The fraction of sp³-hybridized carbons (Fsp3) is 0.545. The molecular formula is C11H19N3O. The van der Waals surface area contributed by atoms with Crippen molar-refractivity contribution < 1.29 is 5.11 Å². The second-order valence-corrected chi connectivity index (χ2v) is 3.44. The summed E-state index contributed by atoms with van der Waals surface area (Å²) in [7, 11) is 0. The Hall–Kier alpha value is -1.29. The first-order valence-corrected chi connectivity index (χ1v) is 5.37. The van der Waals surface area contributed by atoms with Gasteiger partial charge in [0.05, 0.1) is 29.9 Å². The molecule has 1 aromatic rings. The van der Waals surface area contributed by atoms with E-state index in [1.165, 1.54) is 0 Å². The van der Waals surface area contributed by atoms with Gasteiger partial charge >= 0.3 is 0 Å². The quantitative estimate of drug-likeness (QED) is 0.667. The van der Waals surface area contributed by atoms with Gasteiger partial charge in [-0.1, -0.05) is 6.92 Å². The molecule has 0 saturated carbocycles. The molecule has 0 aliphatic carbocycles. The van der Waals surface area contributed by atoms with Crippen LogP contribution in [-0.2, 0) is 0 Å². The van der Waals surface area contributed by atoms with E-state index in [-0.39, 0.29) is 6.10 Å². The summed E-state index contributed by atoms with van der Waals surface area (Å²) in [5, 5.41) is 15.7. The number of hydrogen-bond donors (Lipinski definition) is 3. The van der Waals surface area contributed by atoms with E-state index in [9.17, 15) is 5.11 Å². The third-order valence-electron chi connectivity index (χ3n) is 2.13.